The largest absolute Gasteiger partial charge is 0.494 e. The molecule has 0 radical (unpaired) electrons. The van der Waals surface area contributed by atoms with E-state index in [0.717, 1.165) is 10.5 Å². The first kappa shape index (κ1) is 24.3. The second-order valence-electron chi connectivity index (χ2n) is 7.49. The number of anilines is 1. The molecule has 7 nitrogen and oxygen atoms in total. The lowest BCUT2D eigenvalue weighted by Gasteiger charge is -2.26. The van der Waals surface area contributed by atoms with Crippen LogP contribution in [0.15, 0.2) is 72.3 Å². The van der Waals surface area contributed by atoms with Crippen molar-refractivity contribution in [1.29, 1.82) is 0 Å². The van der Waals surface area contributed by atoms with Gasteiger partial charge in [0, 0.05) is 15.6 Å². The zero-order valence-corrected chi connectivity index (χ0v) is 20.1. The Morgan fingerprint density at radius 2 is 1.66 bits per heavy atom. The maximum atomic E-state index is 13.2. The van der Waals surface area contributed by atoms with Crippen LogP contribution in [0.3, 0.4) is 0 Å². The number of carbonyl (C=O) groups is 3. The summed E-state index contributed by atoms with van der Waals surface area (Å²) in [5.74, 6) is -0.605. The highest BCUT2D eigenvalue weighted by Gasteiger charge is 2.37. The molecule has 0 unspecified atom stereocenters. The van der Waals surface area contributed by atoms with Crippen LogP contribution >= 0.6 is 23.2 Å². The van der Waals surface area contributed by atoms with E-state index < -0.39 is 17.8 Å². The number of halogens is 2. The molecule has 1 fully saturated rings. The molecule has 1 heterocycles. The van der Waals surface area contributed by atoms with E-state index in [9.17, 15) is 14.4 Å². The Morgan fingerprint density at radius 1 is 0.914 bits per heavy atom. The summed E-state index contributed by atoms with van der Waals surface area (Å²) in [4.78, 5) is 39.2. The zero-order valence-electron chi connectivity index (χ0n) is 18.6. The van der Waals surface area contributed by atoms with Gasteiger partial charge >= 0.3 is 6.03 Å². The number of hydrogen-bond acceptors (Lipinski definition) is 5. The third-order valence-electron chi connectivity index (χ3n) is 5.06. The van der Waals surface area contributed by atoms with Crippen molar-refractivity contribution in [2.75, 3.05) is 11.5 Å². The van der Waals surface area contributed by atoms with Crippen LogP contribution in [0, 0.1) is 0 Å². The molecule has 1 saturated heterocycles. The molecule has 4 amide bonds. The second-order valence-corrected chi connectivity index (χ2v) is 8.36. The molecule has 0 atom stereocenters. The summed E-state index contributed by atoms with van der Waals surface area (Å²) in [5, 5.41) is 3.17. The SMILES string of the molecule is CCOc1ccc(N2C(=O)NC(=O)/C(=C\c3cc(Cl)ccc3OCc3cccc(Cl)c3)C2=O)cc1. The van der Waals surface area contributed by atoms with Crippen LogP contribution in [-0.4, -0.2) is 24.5 Å². The van der Waals surface area contributed by atoms with Crippen molar-refractivity contribution in [2.45, 2.75) is 13.5 Å². The Hall–Kier alpha value is -3.81. The number of ether oxygens (including phenoxy) is 2. The zero-order chi connectivity index (χ0) is 24.9. The van der Waals surface area contributed by atoms with Crippen molar-refractivity contribution in [2.24, 2.45) is 0 Å². The Kier molecular flexibility index (Phi) is 7.39. The number of barbiturate groups is 1. The number of amides is 4. The average molecular weight is 511 g/mol. The second kappa shape index (κ2) is 10.6. The summed E-state index contributed by atoms with van der Waals surface area (Å²) in [6.45, 7) is 2.53. The number of carbonyl (C=O) groups excluding carboxylic acids is 3. The average Bonchev–Trinajstić information content (AvgIpc) is 2.82. The minimum Gasteiger partial charge on any atom is -0.494 e. The molecule has 0 bridgehead atoms. The number of urea groups is 1. The summed E-state index contributed by atoms with van der Waals surface area (Å²) < 4.78 is 11.3. The maximum Gasteiger partial charge on any atom is 0.335 e. The van der Waals surface area contributed by atoms with E-state index in [0.29, 0.717) is 33.7 Å². The molecule has 35 heavy (non-hydrogen) atoms. The predicted octanol–water partition coefficient (Wildman–Crippen LogP) is 5.64. The van der Waals surface area contributed by atoms with Crippen molar-refractivity contribution >= 4 is 52.8 Å². The summed E-state index contributed by atoms with van der Waals surface area (Å²) in [6.07, 6.45) is 1.35. The van der Waals surface area contributed by atoms with Gasteiger partial charge in [-0.25, -0.2) is 9.69 Å². The number of imide groups is 2. The maximum absolute atomic E-state index is 13.2. The third-order valence-corrected chi connectivity index (χ3v) is 5.53. The minimum absolute atomic E-state index is 0.204. The summed E-state index contributed by atoms with van der Waals surface area (Å²) in [5.41, 5.74) is 1.29. The van der Waals surface area contributed by atoms with Crippen LogP contribution in [0.4, 0.5) is 10.5 Å². The van der Waals surface area contributed by atoms with Gasteiger partial charge < -0.3 is 9.47 Å². The van der Waals surface area contributed by atoms with Crippen molar-refractivity contribution in [3.63, 3.8) is 0 Å². The van der Waals surface area contributed by atoms with E-state index in [4.69, 9.17) is 32.7 Å². The molecular formula is C26H20Cl2N2O5. The highest BCUT2D eigenvalue weighted by atomic mass is 35.5. The van der Waals surface area contributed by atoms with E-state index in [1.807, 2.05) is 19.1 Å². The molecule has 0 saturated carbocycles. The fraction of sp³-hybridized carbons (Fsp3) is 0.115. The quantitative estimate of drug-likeness (QED) is 0.328. The molecule has 1 aliphatic rings. The molecule has 0 aromatic heterocycles. The van der Waals surface area contributed by atoms with Gasteiger partial charge in [-0.05, 0) is 73.2 Å². The van der Waals surface area contributed by atoms with E-state index in [1.54, 1.807) is 54.6 Å². The summed E-state index contributed by atoms with van der Waals surface area (Å²) >= 11 is 12.2. The summed E-state index contributed by atoms with van der Waals surface area (Å²) in [7, 11) is 0. The lowest BCUT2D eigenvalue weighted by atomic mass is 10.1. The first-order valence-corrected chi connectivity index (χ1v) is 11.4. The molecule has 3 aromatic carbocycles. The Morgan fingerprint density at radius 3 is 2.37 bits per heavy atom. The van der Waals surface area contributed by atoms with Crippen molar-refractivity contribution < 1.29 is 23.9 Å². The van der Waals surface area contributed by atoms with Gasteiger partial charge in [0.2, 0.25) is 0 Å². The van der Waals surface area contributed by atoms with Crippen molar-refractivity contribution in [3.05, 3.63) is 93.5 Å². The van der Waals surface area contributed by atoms with Crippen LogP contribution in [0.1, 0.15) is 18.1 Å². The minimum atomic E-state index is -0.843. The molecule has 0 aliphatic carbocycles. The van der Waals surface area contributed by atoms with Gasteiger partial charge in [0.25, 0.3) is 11.8 Å². The smallest absolute Gasteiger partial charge is 0.335 e. The molecule has 0 spiro atoms. The van der Waals surface area contributed by atoms with Crippen LogP contribution in [0.2, 0.25) is 10.0 Å². The lowest BCUT2D eigenvalue weighted by molar-refractivity contribution is -0.122. The Balaban J connectivity index is 1.64. The standard InChI is InChI=1S/C26H20Cl2N2O5/c1-2-34-21-9-7-20(8-10-21)30-25(32)22(24(31)29-26(30)33)14-17-13-19(28)6-11-23(17)35-15-16-4-3-5-18(27)12-16/h3-14H,2,15H2,1H3,(H,29,31,33)/b22-14+. The number of nitrogens with zero attached hydrogens (tertiary/aromatic N) is 1. The lowest BCUT2D eigenvalue weighted by Crippen LogP contribution is -2.54. The van der Waals surface area contributed by atoms with Gasteiger partial charge in [0.05, 0.1) is 12.3 Å². The van der Waals surface area contributed by atoms with Gasteiger partial charge in [0.1, 0.15) is 23.7 Å². The number of hydrogen-bond donors (Lipinski definition) is 1. The fourth-order valence-corrected chi connectivity index (χ4v) is 3.85. The number of rotatable bonds is 7. The highest BCUT2D eigenvalue weighted by molar-refractivity contribution is 6.39. The fourth-order valence-electron chi connectivity index (χ4n) is 3.46. The van der Waals surface area contributed by atoms with E-state index in [2.05, 4.69) is 5.32 Å². The van der Waals surface area contributed by atoms with Crippen molar-refractivity contribution in [1.82, 2.24) is 5.32 Å². The van der Waals surface area contributed by atoms with E-state index >= 15 is 0 Å². The topological polar surface area (TPSA) is 84.9 Å². The predicted molar refractivity (Wildman–Crippen MR) is 134 cm³/mol. The molecule has 1 N–H and O–H groups in total. The normalized spacial score (nSPS) is 14.8. The highest BCUT2D eigenvalue weighted by Crippen LogP contribution is 2.29. The van der Waals surface area contributed by atoms with Gasteiger partial charge in [0.15, 0.2) is 0 Å². The first-order valence-electron chi connectivity index (χ1n) is 10.7. The van der Waals surface area contributed by atoms with E-state index in [1.165, 1.54) is 6.08 Å². The van der Waals surface area contributed by atoms with Gasteiger partial charge in [-0.3, -0.25) is 14.9 Å². The molecule has 9 heteroatoms. The van der Waals surface area contributed by atoms with Gasteiger partial charge in [-0.2, -0.15) is 0 Å². The van der Waals surface area contributed by atoms with E-state index in [-0.39, 0.29) is 17.9 Å². The Labute approximate surface area is 211 Å². The molecular weight excluding hydrogens is 491 g/mol. The number of benzene rings is 3. The molecule has 3 aromatic rings. The monoisotopic (exact) mass is 510 g/mol. The van der Waals surface area contributed by atoms with Gasteiger partial charge in [-0.1, -0.05) is 35.3 Å². The molecule has 178 valence electrons. The van der Waals surface area contributed by atoms with Crippen LogP contribution in [0.25, 0.3) is 6.08 Å². The van der Waals surface area contributed by atoms with Crippen molar-refractivity contribution in [3.8, 4) is 11.5 Å². The first-order chi connectivity index (χ1) is 16.9. The van der Waals surface area contributed by atoms with Gasteiger partial charge in [-0.15, -0.1) is 0 Å². The van der Waals surface area contributed by atoms with Crippen LogP contribution < -0.4 is 19.7 Å². The Bertz CT molecular complexity index is 1320. The third kappa shape index (κ3) is 5.65. The molecule has 4 rings (SSSR count). The van der Waals surface area contributed by atoms with Crippen LogP contribution in [0.5, 0.6) is 11.5 Å². The molecule has 1 aliphatic heterocycles. The van der Waals surface area contributed by atoms with Crippen LogP contribution in [-0.2, 0) is 16.2 Å². The number of nitrogens with one attached hydrogen (secondary N) is 1. The summed E-state index contributed by atoms with van der Waals surface area (Å²) in [6, 6.07) is 17.6.